The largest absolute Gasteiger partial charge is 0.348 e. The number of hydrogen-bond acceptors (Lipinski definition) is 4. The molecule has 1 saturated heterocycles. The number of sulfonamides is 1. The summed E-state index contributed by atoms with van der Waals surface area (Å²) < 4.78 is 68.4. The Kier molecular flexibility index (Phi) is 8.25. The second-order valence-electron chi connectivity index (χ2n) is 9.34. The Morgan fingerprint density at radius 1 is 1.15 bits per heavy atom. The number of likely N-dealkylation sites (tertiary alicyclic amines) is 1. The van der Waals surface area contributed by atoms with Crippen molar-refractivity contribution < 1.29 is 36.9 Å². The van der Waals surface area contributed by atoms with Gasteiger partial charge in [-0.05, 0) is 50.2 Å². The number of halogens is 3. The first-order valence-electron chi connectivity index (χ1n) is 11.3. The quantitative estimate of drug-likeness (QED) is 0.567. The Bertz CT molecular complexity index is 1020. The van der Waals surface area contributed by atoms with Gasteiger partial charge in [0, 0.05) is 32.7 Å². The van der Waals surface area contributed by atoms with Crippen LogP contribution in [0.1, 0.15) is 32.1 Å². The third-order valence-electron chi connectivity index (χ3n) is 6.70. The van der Waals surface area contributed by atoms with E-state index in [-0.39, 0.29) is 30.7 Å². The van der Waals surface area contributed by atoms with Crippen LogP contribution in [0.15, 0.2) is 23.1 Å². The maximum Gasteiger partial charge on any atom is 0.281 e. The molecule has 1 saturated carbocycles. The molecule has 1 aromatic carbocycles. The molecule has 8 nitrogen and oxygen atoms in total. The highest BCUT2D eigenvalue weighted by atomic mass is 32.2. The van der Waals surface area contributed by atoms with E-state index in [2.05, 4.69) is 10.5 Å². The van der Waals surface area contributed by atoms with Crippen molar-refractivity contribution in [1.82, 2.24) is 14.5 Å². The van der Waals surface area contributed by atoms with E-state index in [0.29, 0.717) is 38.3 Å². The zero-order valence-corrected chi connectivity index (χ0v) is 20.2. The van der Waals surface area contributed by atoms with Crippen LogP contribution in [-0.4, -0.2) is 75.5 Å². The lowest BCUT2D eigenvalue weighted by Gasteiger charge is -2.36. The Morgan fingerprint density at radius 3 is 2.32 bits per heavy atom. The minimum atomic E-state index is -4.20. The second kappa shape index (κ2) is 10.6. The van der Waals surface area contributed by atoms with Gasteiger partial charge in [-0.2, -0.15) is 0 Å². The molecule has 1 heterocycles. The van der Waals surface area contributed by atoms with E-state index in [1.807, 2.05) is 0 Å². The molecule has 3 rings (SSSR count). The summed E-state index contributed by atoms with van der Waals surface area (Å²) in [6, 6.07) is 0.893. The Balaban J connectivity index is 1.68. The summed E-state index contributed by atoms with van der Waals surface area (Å²) in [6.45, 7) is 0.297. The van der Waals surface area contributed by atoms with E-state index in [9.17, 15) is 31.2 Å². The fourth-order valence-corrected chi connectivity index (χ4v) is 6.24. The summed E-state index contributed by atoms with van der Waals surface area (Å²) >= 11 is 0. The summed E-state index contributed by atoms with van der Waals surface area (Å²) in [5, 5.41) is 0. The minimum Gasteiger partial charge on any atom is -0.348 e. The van der Waals surface area contributed by atoms with Crippen LogP contribution in [0.2, 0.25) is 0 Å². The van der Waals surface area contributed by atoms with Gasteiger partial charge in [-0.3, -0.25) is 9.59 Å². The normalized spacial score (nSPS) is 25.1. The summed E-state index contributed by atoms with van der Waals surface area (Å²) in [7, 11) is -1.01. The topological polar surface area (TPSA) is 114 Å². The zero-order valence-electron chi connectivity index (χ0n) is 19.3. The average molecular weight is 506 g/mol. The molecule has 1 aliphatic heterocycles. The fraction of sp³-hybridized carbons (Fsp3) is 0.636. The Labute approximate surface area is 197 Å². The van der Waals surface area contributed by atoms with E-state index in [0.717, 1.165) is 12.1 Å². The zero-order chi connectivity index (χ0) is 25.2. The summed E-state index contributed by atoms with van der Waals surface area (Å²) in [4.78, 5) is 28.1. The molecule has 4 N–H and O–H groups in total. The molecule has 2 aliphatic rings. The van der Waals surface area contributed by atoms with Crippen molar-refractivity contribution in [2.24, 2.45) is 11.8 Å². The summed E-state index contributed by atoms with van der Waals surface area (Å²) in [6.07, 6.45) is 0.851. The molecule has 0 radical (unpaired) electrons. The Morgan fingerprint density at radius 2 is 1.79 bits per heavy atom. The van der Waals surface area contributed by atoms with Gasteiger partial charge >= 0.3 is 0 Å². The lowest BCUT2D eigenvalue weighted by atomic mass is 9.74. The molecule has 190 valence electrons. The van der Waals surface area contributed by atoms with Crippen LogP contribution in [0.5, 0.6) is 0 Å². The molecule has 0 aromatic heterocycles. The highest BCUT2D eigenvalue weighted by Gasteiger charge is 2.45. The molecule has 2 amide bonds. The number of nitrogens with zero attached hydrogens (tertiary/aromatic N) is 2. The first-order valence-corrected chi connectivity index (χ1v) is 12.8. The fourth-order valence-electron chi connectivity index (χ4n) is 4.88. The second-order valence-corrected chi connectivity index (χ2v) is 11.0. The Hall–Kier alpha value is -2.18. The number of nitrogens with one attached hydrogen (secondary N) is 1. The van der Waals surface area contributed by atoms with Crippen LogP contribution in [-0.2, 0) is 19.6 Å². The van der Waals surface area contributed by atoms with Crippen molar-refractivity contribution in [2.45, 2.75) is 55.3 Å². The van der Waals surface area contributed by atoms with Gasteiger partial charge in [-0.1, -0.05) is 0 Å². The molecule has 34 heavy (non-hydrogen) atoms. The number of rotatable bonds is 7. The highest BCUT2D eigenvalue weighted by Crippen LogP contribution is 2.34. The van der Waals surface area contributed by atoms with Crippen molar-refractivity contribution in [3.8, 4) is 0 Å². The highest BCUT2D eigenvalue weighted by molar-refractivity contribution is 7.89. The number of quaternary nitrogens is 1. The van der Waals surface area contributed by atoms with Gasteiger partial charge in [0.1, 0.15) is 28.6 Å². The number of alkyl halides is 1. The molecule has 0 bridgehead atoms. The maximum absolute atomic E-state index is 14.0. The van der Waals surface area contributed by atoms with Crippen molar-refractivity contribution in [3.63, 3.8) is 0 Å². The third kappa shape index (κ3) is 5.89. The predicted octanol–water partition coefficient (Wildman–Crippen LogP) is 0.687. The van der Waals surface area contributed by atoms with Gasteiger partial charge in [0.15, 0.2) is 6.04 Å². The number of benzene rings is 1. The van der Waals surface area contributed by atoms with Crippen LogP contribution in [0.25, 0.3) is 0 Å². The van der Waals surface area contributed by atoms with Crippen LogP contribution >= 0.6 is 0 Å². The van der Waals surface area contributed by atoms with Gasteiger partial charge in [0.25, 0.3) is 5.91 Å². The van der Waals surface area contributed by atoms with Crippen molar-refractivity contribution >= 4 is 21.8 Å². The SMILES string of the molecule is CN(C)C(=O)[C@@H](C1CCC(NS(=O)(=O)c2ccc(F)cc2F)CC1)[C@H]([NH3+])C(=O)N1CC[C@H](F)C1. The van der Waals surface area contributed by atoms with E-state index in [4.69, 9.17) is 0 Å². The number of amides is 2. The molecule has 12 heteroatoms. The summed E-state index contributed by atoms with van der Waals surface area (Å²) in [5.41, 5.74) is 3.98. The molecule has 0 unspecified atom stereocenters. The van der Waals surface area contributed by atoms with Gasteiger partial charge in [-0.15, -0.1) is 0 Å². The van der Waals surface area contributed by atoms with E-state index >= 15 is 0 Å². The standard InChI is InChI=1S/C22H31F3N4O4S/c1-28(2)21(30)19(20(26)22(31)29-10-9-15(24)12-29)13-3-6-16(7-4-13)27-34(32,33)18-8-5-14(23)11-17(18)25/h5,8,11,13,15-16,19-20,27H,3-4,6-7,9-10,12,26H2,1-2H3/p+1/t13?,15-,16?,19-,20-/m0/s1. The number of carbonyl (C=O) groups excluding carboxylic acids is 2. The van der Waals surface area contributed by atoms with Crippen molar-refractivity contribution in [3.05, 3.63) is 29.8 Å². The molecular weight excluding hydrogens is 473 g/mol. The van der Waals surface area contributed by atoms with E-state index < -0.39 is 50.7 Å². The van der Waals surface area contributed by atoms with Gasteiger partial charge in [-0.25, -0.2) is 26.3 Å². The molecule has 1 aliphatic carbocycles. The van der Waals surface area contributed by atoms with E-state index in [1.54, 1.807) is 14.1 Å². The van der Waals surface area contributed by atoms with Gasteiger partial charge in [0.05, 0.1) is 6.54 Å². The van der Waals surface area contributed by atoms with Crippen LogP contribution in [0, 0.1) is 23.5 Å². The minimum absolute atomic E-state index is 0.00218. The molecule has 2 fully saturated rings. The molecular formula is C22H32F3N4O4S+. The number of hydrogen-bond donors (Lipinski definition) is 2. The first kappa shape index (κ1) is 26.4. The van der Waals surface area contributed by atoms with Crippen LogP contribution in [0.4, 0.5) is 13.2 Å². The van der Waals surface area contributed by atoms with Crippen molar-refractivity contribution in [1.29, 1.82) is 0 Å². The van der Waals surface area contributed by atoms with Gasteiger partial charge < -0.3 is 15.5 Å². The van der Waals surface area contributed by atoms with Crippen LogP contribution < -0.4 is 10.5 Å². The molecule has 0 spiro atoms. The first-order chi connectivity index (χ1) is 15.9. The van der Waals surface area contributed by atoms with Crippen LogP contribution in [0.3, 0.4) is 0 Å². The smallest absolute Gasteiger partial charge is 0.281 e. The molecule has 3 atom stereocenters. The lowest BCUT2D eigenvalue weighted by Crippen LogP contribution is -2.73. The van der Waals surface area contributed by atoms with Crippen molar-refractivity contribution in [2.75, 3.05) is 27.2 Å². The number of carbonyl (C=O) groups is 2. The molecule has 1 aromatic rings. The monoisotopic (exact) mass is 505 g/mol. The predicted molar refractivity (Wildman–Crippen MR) is 117 cm³/mol. The third-order valence-corrected chi connectivity index (χ3v) is 8.26. The van der Waals surface area contributed by atoms with E-state index in [1.165, 1.54) is 9.80 Å². The maximum atomic E-state index is 14.0. The summed E-state index contributed by atoms with van der Waals surface area (Å²) in [5.74, 6) is -3.58. The lowest BCUT2D eigenvalue weighted by molar-refractivity contribution is -0.418. The average Bonchev–Trinajstić information content (AvgIpc) is 3.20. The van der Waals surface area contributed by atoms with Gasteiger partial charge in [0.2, 0.25) is 15.9 Å².